The number of hydrogen-bond acceptors (Lipinski definition) is 5. The van der Waals surface area contributed by atoms with Gasteiger partial charge in [0.05, 0.1) is 7.11 Å². The molecule has 0 aliphatic heterocycles. The second kappa shape index (κ2) is 11.4. The molecule has 34 heavy (non-hydrogen) atoms. The third kappa shape index (κ3) is 6.49. The van der Waals surface area contributed by atoms with Gasteiger partial charge in [-0.2, -0.15) is 0 Å². The van der Waals surface area contributed by atoms with Gasteiger partial charge in [-0.05, 0) is 60.2 Å². The summed E-state index contributed by atoms with van der Waals surface area (Å²) in [6, 6.07) is 25.7. The summed E-state index contributed by atoms with van der Waals surface area (Å²) in [5, 5.41) is 5.66. The summed E-state index contributed by atoms with van der Waals surface area (Å²) in [5.41, 5.74) is 2.62. The van der Waals surface area contributed by atoms with E-state index in [2.05, 4.69) is 15.6 Å². The Balaban J connectivity index is 1.23. The maximum atomic E-state index is 12.3. The summed E-state index contributed by atoms with van der Waals surface area (Å²) < 4.78 is 16.9. The van der Waals surface area contributed by atoms with Crippen LogP contribution >= 0.6 is 0 Å². The minimum absolute atomic E-state index is 0.296. The Morgan fingerprint density at radius 2 is 1.56 bits per heavy atom. The molecule has 0 unspecified atom stereocenters. The van der Waals surface area contributed by atoms with Gasteiger partial charge >= 0.3 is 6.03 Å². The molecule has 0 saturated carbocycles. The van der Waals surface area contributed by atoms with Gasteiger partial charge in [-0.3, -0.25) is 4.98 Å². The summed E-state index contributed by atoms with van der Waals surface area (Å²) in [7, 11) is 1.60. The van der Waals surface area contributed by atoms with E-state index in [0.29, 0.717) is 36.1 Å². The highest BCUT2D eigenvalue weighted by molar-refractivity contribution is 5.89. The molecule has 0 radical (unpaired) electrons. The fourth-order valence-corrected chi connectivity index (χ4v) is 3.15. The number of anilines is 1. The van der Waals surface area contributed by atoms with Crippen molar-refractivity contribution in [2.75, 3.05) is 12.4 Å². The first-order valence-electron chi connectivity index (χ1n) is 10.8. The van der Waals surface area contributed by atoms with Crippen LogP contribution in [0.3, 0.4) is 0 Å². The van der Waals surface area contributed by atoms with Gasteiger partial charge in [-0.25, -0.2) is 4.79 Å². The van der Waals surface area contributed by atoms with Gasteiger partial charge in [0.25, 0.3) is 0 Å². The Morgan fingerprint density at radius 3 is 2.26 bits per heavy atom. The quantitative estimate of drug-likeness (QED) is 0.334. The molecule has 172 valence electrons. The molecule has 0 saturated heterocycles. The Labute approximate surface area is 198 Å². The van der Waals surface area contributed by atoms with Gasteiger partial charge in [-0.15, -0.1) is 0 Å². The van der Waals surface area contributed by atoms with Crippen LogP contribution in [-0.2, 0) is 13.2 Å². The number of benzene rings is 3. The molecule has 1 aromatic heterocycles. The van der Waals surface area contributed by atoms with Crippen LogP contribution in [0.4, 0.5) is 10.5 Å². The van der Waals surface area contributed by atoms with Crippen LogP contribution in [0.25, 0.3) is 0 Å². The van der Waals surface area contributed by atoms with Crippen molar-refractivity contribution in [2.45, 2.75) is 13.2 Å². The number of para-hydroxylation sites is 2. The van der Waals surface area contributed by atoms with Crippen molar-refractivity contribution in [3.05, 3.63) is 108 Å². The van der Waals surface area contributed by atoms with Crippen LogP contribution in [0.15, 0.2) is 97.3 Å². The average molecular weight is 456 g/mol. The van der Waals surface area contributed by atoms with Crippen LogP contribution in [0.2, 0.25) is 0 Å². The summed E-state index contributed by atoms with van der Waals surface area (Å²) in [5.74, 6) is 2.67. The second-order valence-electron chi connectivity index (χ2n) is 7.38. The number of urea groups is 1. The SMILES string of the molecule is COc1ccccc1Oc1ccc(NC(=O)NCc2ccc(OCc3cccnc3)cc2)cc1. The molecule has 1 heterocycles. The molecule has 4 aromatic rings. The molecule has 7 heteroatoms. The Bertz CT molecular complexity index is 1200. The molecule has 2 N–H and O–H groups in total. The van der Waals surface area contributed by atoms with E-state index in [0.717, 1.165) is 16.9 Å². The topological polar surface area (TPSA) is 81.7 Å². The highest BCUT2D eigenvalue weighted by Crippen LogP contribution is 2.31. The fraction of sp³-hybridized carbons (Fsp3) is 0.111. The summed E-state index contributed by atoms with van der Waals surface area (Å²) >= 11 is 0. The fourth-order valence-electron chi connectivity index (χ4n) is 3.15. The van der Waals surface area contributed by atoms with E-state index in [-0.39, 0.29) is 6.03 Å². The van der Waals surface area contributed by atoms with Gasteiger partial charge in [0.15, 0.2) is 11.5 Å². The molecule has 0 spiro atoms. The number of pyridine rings is 1. The van der Waals surface area contributed by atoms with E-state index in [4.69, 9.17) is 14.2 Å². The van der Waals surface area contributed by atoms with Gasteiger partial charge < -0.3 is 24.8 Å². The molecule has 7 nitrogen and oxygen atoms in total. The molecule has 0 aliphatic carbocycles. The molecule has 0 aliphatic rings. The average Bonchev–Trinajstić information content (AvgIpc) is 2.89. The number of carbonyl (C=O) groups is 1. The Kier molecular flexibility index (Phi) is 7.58. The zero-order valence-electron chi connectivity index (χ0n) is 18.7. The van der Waals surface area contributed by atoms with Crippen LogP contribution in [0, 0.1) is 0 Å². The predicted molar refractivity (Wildman–Crippen MR) is 130 cm³/mol. The predicted octanol–water partition coefficient (Wildman–Crippen LogP) is 5.78. The molecule has 0 fully saturated rings. The monoisotopic (exact) mass is 455 g/mol. The van der Waals surface area contributed by atoms with Crippen LogP contribution in [0.1, 0.15) is 11.1 Å². The Morgan fingerprint density at radius 1 is 0.824 bits per heavy atom. The second-order valence-corrected chi connectivity index (χ2v) is 7.38. The van der Waals surface area contributed by atoms with E-state index in [1.807, 2.05) is 60.7 Å². The first kappa shape index (κ1) is 22.7. The van der Waals surface area contributed by atoms with Crippen molar-refractivity contribution in [1.29, 1.82) is 0 Å². The number of nitrogens with one attached hydrogen (secondary N) is 2. The smallest absolute Gasteiger partial charge is 0.319 e. The lowest BCUT2D eigenvalue weighted by atomic mass is 10.2. The molecule has 3 aromatic carbocycles. The number of carbonyl (C=O) groups excluding carboxylic acids is 1. The van der Waals surface area contributed by atoms with Crippen molar-refractivity contribution < 1.29 is 19.0 Å². The van der Waals surface area contributed by atoms with Gasteiger partial charge in [-0.1, -0.05) is 30.3 Å². The van der Waals surface area contributed by atoms with Crippen molar-refractivity contribution in [3.8, 4) is 23.0 Å². The standard InChI is InChI=1S/C27H25N3O4/c1-32-25-6-2-3-7-26(25)34-24-14-10-22(11-15-24)30-27(31)29-18-20-8-12-23(13-9-20)33-19-21-5-4-16-28-17-21/h2-17H,18-19H2,1H3,(H2,29,30,31). The Hall–Kier alpha value is -4.52. The van der Waals surface area contributed by atoms with Crippen LogP contribution in [0.5, 0.6) is 23.0 Å². The van der Waals surface area contributed by atoms with Gasteiger partial charge in [0.2, 0.25) is 0 Å². The van der Waals surface area contributed by atoms with E-state index >= 15 is 0 Å². The van der Waals surface area contributed by atoms with E-state index in [1.54, 1.807) is 43.8 Å². The minimum atomic E-state index is -0.296. The van der Waals surface area contributed by atoms with E-state index in [1.165, 1.54) is 0 Å². The molecule has 2 amide bonds. The third-order valence-electron chi connectivity index (χ3n) is 4.91. The molecular formula is C27H25N3O4. The third-order valence-corrected chi connectivity index (χ3v) is 4.91. The number of nitrogens with zero attached hydrogens (tertiary/aromatic N) is 1. The highest BCUT2D eigenvalue weighted by Gasteiger charge is 2.06. The number of rotatable bonds is 9. The molecular weight excluding hydrogens is 430 g/mol. The van der Waals surface area contributed by atoms with E-state index < -0.39 is 0 Å². The van der Waals surface area contributed by atoms with Gasteiger partial charge in [0, 0.05) is 30.2 Å². The van der Waals surface area contributed by atoms with Crippen molar-refractivity contribution in [1.82, 2.24) is 10.3 Å². The summed E-state index contributed by atoms with van der Waals surface area (Å²) in [6.07, 6.45) is 3.51. The first-order chi connectivity index (χ1) is 16.7. The lowest BCUT2D eigenvalue weighted by molar-refractivity contribution is 0.251. The van der Waals surface area contributed by atoms with Crippen molar-refractivity contribution in [2.24, 2.45) is 0 Å². The van der Waals surface area contributed by atoms with Crippen LogP contribution < -0.4 is 24.8 Å². The first-order valence-corrected chi connectivity index (χ1v) is 10.8. The van der Waals surface area contributed by atoms with Crippen LogP contribution in [-0.4, -0.2) is 18.1 Å². The number of methoxy groups -OCH3 is 1. The van der Waals surface area contributed by atoms with Gasteiger partial charge in [0.1, 0.15) is 18.1 Å². The normalized spacial score (nSPS) is 10.3. The maximum absolute atomic E-state index is 12.3. The number of hydrogen-bond donors (Lipinski definition) is 2. The lowest BCUT2D eigenvalue weighted by Crippen LogP contribution is -2.28. The highest BCUT2D eigenvalue weighted by atomic mass is 16.5. The van der Waals surface area contributed by atoms with Crippen molar-refractivity contribution in [3.63, 3.8) is 0 Å². The maximum Gasteiger partial charge on any atom is 0.319 e. The number of aromatic nitrogens is 1. The molecule has 0 bridgehead atoms. The minimum Gasteiger partial charge on any atom is -0.493 e. The summed E-state index contributed by atoms with van der Waals surface area (Å²) in [4.78, 5) is 16.3. The number of ether oxygens (including phenoxy) is 3. The van der Waals surface area contributed by atoms with E-state index in [9.17, 15) is 4.79 Å². The lowest BCUT2D eigenvalue weighted by Gasteiger charge is -2.11. The molecule has 0 atom stereocenters. The largest absolute Gasteiger partial charge is 0.493 e. The zero-order valence-corrected chi connectivity index (χ0v) is 18.7. The number of amides is 2. The zero-order chi connectivity index (χ0) is 23.6. The summed E-state index contributed by atoms with van der Waals surface area (Å²) in [6.45, 7) is 0.848. The van der Waals surface area contributed by atoms with Crippen molar-refractivity contribution >= 4 is 11.7 Å². The molecule has 4 rings (SSSR count).